The molecule has 0 atom stereocenters. The Bertz CT molecular complexity index is 1030. The number of benzene rings is 2. The molecular formula is C22H25Cl2FN2O3S2. The predicted octanol–water partition coefficient (Wildman–Crippen LogP) is 4.72. The van der Waals surface area contributed by atoms with Gasteiger partial charge in [-0.15, -0.1) is 0 Å². The second kappa shape index (κ2) is 11.7. The Hall–Kier alpha value is -1.32. The second-order valence-electron chi connectivity index (χ2n) is 7.65. The van der Waals surface area contributed by atoms with Gasteiger partial charge in [-0.3, -0.25) is 4.79 Å². The minimum Gasteiger partial charge on any atom is -0.355 e. The number of hydrogen-bond acceptors (Lipinski definition) is 4. The van der Waals surface area contributed by atoms with Crippen LogP contribution >= 0.6 is 35.0 Å². The van der Waals surface area contributed by atoms with Crippen molar-refractivity contribution in [1.82, 2.24) is 9.62 Å². The van der Waals surface area contributed by atoms with Crippen molar-refractivity contribution in [3.8, 4) is 0 Å². The number of piperidine rings is 1. The lowest BCUT2D eigenvalue weighted by atomic mass is 9.97. The van der Waals surface area contributed by atoms with Crippen LogP contribution in [0.5, 0.6) is 0 Å². The first kappa shape index (κ1) is 25.3. The highest BCUT2D eigenvalue weighted by atomic mass is 35.5. The Morgan fingerprint density at radius 3 is 2.38 bits per heavy atom. The SMILES string of the molecule is O=C(NCCSCc1ccc(Cl)c(Cl)c1)C1CCN(S(=O)(=O)Cc2ccc(F)cc2)CC1. The van der Waals surface area contributed by atoms with Gasteiger partial charge in [0.2, 0.25) is 15.9 Å². The van der Waals surface area contributed by atoms with Crippen LogP contribution in [0.15, 0.2) is 42.5 Å². The number of rotatable bonds is 9. The lowest BCUT2D eigenvalue weighted by molar-refractivity contribution is -0.125. The zero-order chi connectivity index (χ0) is 23.1. The zero-order valence-electron chi connectivity index (χ0n) is 17.4. The van der Waals surface area contributed by atoms with E-state index in [1.807, 2.05) is 12.1 Å². The molecule has 1 fully saturated rings. The number of carbonyl (C=O) groups excluding carboxylic acids is 1. The van der Waals surface area contributed by atoms with Crippen molar-refractivity contribution in [2.75, 3.05) is 25.4 Å². The van der Waals surface area contributed by atoms with E-state index in [1.165, 1.54) is 28.6 Å². The van der Waals surface area contributed by atoms with Crippen LogP contribution in [0, 0.1) is 11.7 Å². The molecule has 2 aromatic rings. The second-order valence-corrected chi connectivity index (χ2v) is 11.5. The van der Waals surface area contributed by atoms with Crippen LogP contribution in [-0.2, 0) is 26.3 Å². The summed E-state index contributed by atoms with van der Waals surface area (Å²) in [6, 6.07) is 11.0. The summed E-state index contributed by atoms with van der Waals surface area (Å²) in [5.41, 5.74) is 1.62. The highest BCUT2D eigenvalue weighted by Crippen LogP contribution is 2.25. The molecule has 174 valence electrons. The number of carbonyl (C=O) groups is 1. The number of amides is 1. The zero-order valence-corrected chi connectivity index (χ0v) is 20.5. The minimum absolute atomic E-state index is 0.0317. The molecule has 0 radical (unpaired) electrons. The van der Waals surface area contributed by atoms with Crippen LogP contribution in [0.25, 0.3) is 0 Å². The first-order valence-electron chi connectivity index (χ1n) is 10.3. The van der Waals surface area contributed by atoms with E-state index in [0.717, 1.165) is 17.1 Å². The molecule has 0 unspecified atom stereocenters. The Labute approximate surface area is 202 Å². The summed E-state index contributed by atoms with van der Waals surface area (Å²) in [4.78, 5) is 12.4. The fraction of sp³-hybridized carbons (Fsp3) is 0.409. The van der Waals surface area contributed by atoms with Gasteiger partial charge in [-0.05, 0) is 48.2 Å². The smallest absolute Gasteiger partial charge is 0.223 e. The lowest BCUT2D eigenvalue weighted by Gasteiger charge is -2.30. The van der Waals surface area contributed by atoms with Gasteiger partial charge in [-0.2, -0.15) is 11.8 Å². The maximum atomic E-state index is 13.0. The van der Waals surface area contributed by atoms with Gasteiger partial charge in [0.05, 0.1) is 15.8 Å². The number of thioether (sulfide) groups is 1. The highest BCUT2D eigenvalue weighted by molar-refractivity contribution is 7.98. The fourth-order valence-corrected chi connectivity index (χ4v) is 6.18. The lowest BCUT2D eigenvalue weighted by Crippen LogP contribution is -2.43. The van der Waals surface area contributed by atoms with E-state index in [2.05, 4.69) is 5.32 Å². The van der Waals surface area contributed by atoms with Gasteiger partial charge in [-0.25, -0.2) is 17.1 Å². The summed E-state index contributed by atoms with van der Waals surface area (Å²) in [5.74, 6) is 0.752. The average Bonchev–Trinajstić information content (AvgIpc) is 2.77. The number of halogens is 3. The molecule has 0 saturated carbocycles. The number of sulfonamides is 1. The third-order valence-electron chi connectivity index (χ3n) is 5.28. The molecule has 1 heterocycles. The number of nitrogens with one attached hydrogen (secondary N) is 1. The summed E-state index contributed by atoms with van der Waals surface area (Å²) in [6.07, 6.45) is 0.982. The van der Waals surface area contributed by atoms with Gasteiger partial charge in [-0.1, -0.05) is 41.4 Å². The summed E-state index contributed by atoms with van der Waals surface area (Å²) < 4.78 is 39.7. The topological polar surface area (TPSA) is 66.5 Å². The van der Waals surface area contributed by atoms with E-state index in [9.17, 15) is 17.6 Å². The van der Waals surface area contributed by atoms with Crippen LogP contribution in [-0.4, -0.2) is 44.0 Å². The molecule has 1 aliphatic heterocycles. The molecular weight excluding hydrogens is 494 g/mol. The molecule has 1 amide bonds. The van der Waals surface area contributed by atoms with E-state index >= 15 is 0 Å². The standard InChI is InChI=1S/C22H25Cl2FN2O3S2/c23-20-6-3-17(13-21(20)24)14-31-12-9-26-22(28)18-7-10-27(11-8-18)32(29,30)15-16-1-4-19(25)5-2-16/h1-6,13,18H,7-12,14-15H2,(H,26,28). The van der Waals surface area contributed by atoms with Gasteiger partial charge in [0.1, 0.15) is 5.82 Å². The molecule has 32 heavy (non-hydrogen) atoms. The Balaban J connectivity index is 1.36. The minimum atomic E-state index is -3.50. The normalized spacial score (nSPS) is 15.6. The molecule has 1 N–H and O–H groups in total. The van der Waals surface area contributed by atoms with Crippen LogP contribution in [0.3, 0.4) is 0 Å². The molecule has 5 nitrogen and oxygen atoms in total. The van der Waals surface area contributed by atoms with Gasteiger partial charge in [0.15, 0.2) is 0 Å². The van der Waals surface area contributed by atoms with Gasteiger partial charge < -0.3 is 5.32 Å². The monoisotopic (exact) mass is 518 g/mol. The third kappa shape index (κ3) is 7.35. The van der Waals surface area contributed by atoms with Crippen molar-refractivity contribution < 1.29 is 17.6 Å². The van der Waals surface area contributed by atoms with Crippen molar-refractivity contribution in [1.29, 1.82) is 0 Å². The van der Waals surface area contributed by atoms with E-state index in [1.54, 1.807) is 17.8 Å². The Morgan fingerprint density at radius 2 is 1.72 bits per heavy atom. The van der Waals surface area contributed by atoms with Crippen molar-refractivity contribution in [2.24, 2.45) is 5.92 Å². The van der Waals surface area contributed by atoms with Crippen LogP contribution < -0.4 is 5.32 Å². The van der Waals surface area contributed by atoms with Gasteiger partial charge >= 0.3 is 0 Å². The van der Waals surface area contributed by atoms with Gasteiger partial charge in [0.25, 0.3) is 0 Å². The first-order valence-corrected chi connectivity index (χ1v) is 13.8. The third-order valence-corrected chi connectivity index (χ3v) is 8.90. The van der Waals surface area contributed by atoms with E-state index < -0.39 is 15.8 Å². The average molecular weight is 519 g/mol. The molecule has 10 heteroatoms. The molecule has 0 spiro atoms. The molecule has 0 bridgehead atoms. The maximum absolute atomic E-state index is 13.0. The van der Waals surface area contributed by atoms with Crippen molar-refractivity contribution in [3.63, 3.8) is 0 Å². The summed E-state index contributed by atoms with van der Waals surface area (Å²) in [6.45, 7) is 1.18. The van der Waals surface area contributed by atoms with E-state index in [0.29, 0.717) is 48.1 Å². The van der Waals surface area contributed by atoms with Crippen molar-refractivity contribution >= 4 is 50.9 Å². The maximum Gasteiger partial charge on any atom is 0.223 e. The molecule has 1 saturated heterocycles. The Kier molecular flexibility index (Phi) is 9.25. The fourth-order valence-electron chi connectivity index (χ4n) is 3.49. The molecule has 0 aromatic heterocycles. The summed E-state index contributed by atoms with van der Waals surface area (Å²) >= 11 is 13.6. The molecule has 0 aliphatic carbocycles. The summed E-state index contributed by atoms with van der Waals surface area (Å²) in [7, 11) is -3.50. The number of hydrogen-bond donors (Lipinski definition) is 1. The Morgan fingerprint density at radius 1 is 1.06 bits per heavy atom. The quantitative estimate of drug-likeness (QED) is 0.487. The van der Waals surface area contributed by atoms with E-state index in [-0.39, 0.29) is 17.6 Å². The predicted molar refractivity (Wildman–Crippen MR) is 129 cm³/mol. The number of nitrogens with zero attached hydrogens (tertiary/aromatic N) is 1. The first-order chi connectivity index (χ1) is 15.2. The summed E-state index contributed by atoms with van der Waals surface area (Å²) in [5, 5.41) is 4.01. The van der Waals surface area contributed by atoms with Gasteiger partial charge in [0, 0.05) is 37.1 Å². The molecule has 2 aromatic carbocycles. The van der Waals surface area contributed by atoms with Crippen molar-refractivity contribution in [2.45, 2.75) is 24.3 Å². The van der Waals surface area contributed by atoms with Crippen molar-refractivity contribution in [3.05, 3.63) is 69.5 Å². The van der Waals surface area contributed by atoms with Crippen LogP contribution in [0.4, 0.5) is 4.39 Å². The molecule has 3 rings (SSSR count). The van der Waals surface area contributed by atoms with Crippen LogP contribution in [0.1, 0.15) is 24.0 Å². The molecule has 1 aliphatic rings. The largest absolute Gasteiger partial charge is 0.355 e. The van der Waals surface area contributed by atoms with E-state index in [4.69, 9.17) is 23.2 Å². The van der Waals surface area contributed by atoms with Crippen LogP contribution in [0.2, 0.25) is 10.0 Å². The highest BCUT2D eigenvalue weighted by Gasteiger charge is 2.31.